The Morgan fingerprint density at radius 2 is 1.68 bits per heavy atom. The number of aromatic nitrogens is 1. The number of aryl methyl sites for hydroxylation is 1. The fraction of sp³-hybridized carbons (Fsp3) is 0.310. The standard InChI is InChI=1S/C29H34N4O5/c1-17-8-7-9-19-25(17)32-26-20(29(35)30-12-13-33(2)3)10-11-21(24(26)27(19)34)31-16-18-14-22(36-4)28(38-6)23(15-18)37-5/h7-11,14-15,31H,12-13,16H2,1-6H3,(H,30,35)(H,32,34). The SMILES string of the molecule is COc1cc(CNc2ccc(C(=O)NCCN(C)C)c3[nH]c4c(C)cccc4c(=O)c23)cc(OC)c1OC. The van der Waals surface area contributed by atoms with Crippen LogP contribution >= 0.6 is 0 Å². The van der Waals surface area contributed by atoms with E-state index in [0.717, 1.165) is 11.1 Å². The summed E-state index contributed by atoms with van der Waals surface area (Å²) in [6.45, 7) is 3.51. The highest BCUT2D eigenvalue weighted by Crippen LogP contribution is 2.38. The number of anilines is 1. The molecule has 3 N–H and O–H groups in total. The summed E-state index contributed by atoms with van der Waals surface area (Å²) in [5, 5.41) is 7.33. The third-order valence-electron chi connectivity index (χ3n) is 6.50. The van der Waals surface area contributed by atoms with E-state index in [1.807, 2.05) is 50.2 Å². The lowest BCUT2D eigenvalue weighted by Gasteiger charge is -2.17. The summed E-state index contributed by atoms with van der Waals surface area (Å²) >= 11 is 0. The Bertz CT molecular complexity index is 1520. The van der Waals surface area contributed by atoms with Crippen LogP contribution in [0, 0.1) is 6.92 Å². The van der Waals surface area contributed by atoms with Crippen molar-refractivity contribution in [3.05, 3.63) is 69.4 Å². The van der Waals surface area contributed by atoms with Crippen LogP contribution in [0.5, 0.6) is 17.2 Å². The zero-order chi connectivity index (χ0) is 27.4. The first kappa shape index (κ1) is 26.8. The van der Waals surface area contributed by atoms with Gasteiger partial charge in [-0.2, -0.15) is 0 Å². The Kier molecular flexibility index (Phi) is 8.07. The summed E-state index contributed by atoms with van der Waals surface area (Å²) < 4.78 is 16.4. The van der Waals surface area contributed by atoms with Gasteiger partial charge in [0.15, 0.2) is 16.9 Å². The van der Waals surface area contributed by atoms with Crippen LogP contribution in [0.25, 0.3) is 21.8 Å². The summed E-state index contributed by atoms with van der Waals surface area (Å²) in [6, 6.07) is 12.8. The summed E-state index contributed by atoms with van der Waals surface area (Å²) in [5.41, 5.74) is 3.89. The van der Waals surface area contributed by atoms with Crippen molar-refractivity contribution < 1.29 is 19.0 Å². The number of rotatable bonds is 10. The van der Waals surface area contributed by atoms with Gasteiger partial charge in [0, 0.05) is 30.7 Å². The second-order valence-electron chi connectivity index (χ2n) is 9.31. The molecule has 9 heteroatoms. The van der Waals surface area contributed by atoms with Gasteiger partial charge in [-0.05, 0) is 62.5 Å². The van der Waals surface area contributed by atoms with Crippen molar-refractivity contribution in [1.82, 2.24) is 15.2 Å². The van der Waals surface area contributed by atoms with Gasteiger partial charge in [-0.25, -0.2) is 0 Å². The predicted molar refractivity (Wildman–Crippen MR) is 151 cm³/mol. The van der Waals surface area contributed by atoms with Crippen LogP contribution in [0.15, 0.2) is 47.3 Å². The summed E-state index contributed by atoms with van der Waals surface area (Å²) in [7, 11) is 8.58. The second kappa shape index (κ2) is 11.4. The average Bonchev–Trinajstić information content (AvgIpc) is 2.91. The molecule has 0 fully saturated rings. The van der Waals surface area contributed by atoms with Crippen LogP contribution in [-0.2, 0) is 6.54 Å². The van der Waals surface area contributed by atoms with Gasteiger partial charge in [0.1, 0.15) is 0 Å². The lowest BCUT2D eigenvalue weighted by Crippen LogP contribution is -2.31. The van der Waals surface area contributed by atoms with E-state index < -0.39 is 0 Å². The van der Waals surface area contributed by atoms with E-state index in [2.05, 4.69) is 15.6 Å². The highest BCUT2D eigenvalue weighted by Gasteiger charge is 2.19. The minimum Gasteiger partial charge on any atom is -0.493 e. The van der Waals surface area contributed by atoms with Crippen LogP contribution < -0.4 is 30.3 Å². The lowest BCUT2D eigenvalue weighted by atomic mass is 10.0. The minimum absolute atomic E-state index is 0.146. The maximum Gasteiger partial charge on any atom is 0.253 e. The highest BCUT2D eigenvalue weighted by molar-refractivity contribution is 6.11. The van der Waals surface area contributed by atoms with E-state index in [1.54, 1.807) is 39.5 Å². The van der Waals surface area contributed by atoms with E-state index in [4.69, 9.17) is 14.2 Å². The molecule has 0 saturated carbocycles. The predicted octanol–water partition coefficient (Wildman–Crippen LogP) is 3.92. The number of likely N-dealkylation sites (N-methyl/N-ethyl adjacent to an activating group) is 1. The monoisotopic (exact) mass is 518 g/mol. The number of aromatic amines is 1. The van der Waals surface area contributed by atoms with E-state index in [1.165, 1.54) is 0 Å². The number of H-pyrrole nitrogens is 1. The number of carbonyl (C=O) groups excluding carboxylic acids is 1. The largest absolute Gasteiger partial charge is 0.493 e. The molecule has 0 radical (unpaired) electrons. The molecule has 0 atom stereocenters. The third kappa shape index (κ3) is 5.24. The van der Waals surface area contributed by atoms with Gasteiger partial charge in [0.05, 0.1) is 43.3 Å². The molecule has 1 aromatic heterocycles. The van der Waals surface area contributed by atoms with Gasteiger partial charge in [-0.3, -0.25) is 9.59 Å². The normalized spacial score (nSPS) is 11.1. The number of methoxy groups -OCH3 is 3. The molecule has 0 saturated heterocycles. The first-order valence-electron chi connectivity index (χ1n) is 12.3. The number of nitrogens with zero attached hydrogens (tertiary/aromatic N) is 1. The molecule has 0 aliphatic heterocycles. The minimum atomic E-state index is -0.239. The van der Waals surface area contributed by atoms with Crippen LogP contribution in [0.2, 0.25) is 0 Å². The maximum absolute atomic E-state index is 13.8. The van der Waals surface area contributed by atoms with Gasteiger partial charge < -0.3 is 34.7 Å². The number of amides is 1. The number of carbonyl (C=O) groups is 1. The first-order valence-corrected chi connectivity index (χ1v) is 12.3. The quantitative estimate of drug-likeness (QED) is 0.273. The Hall–Kier alpha value is -4.24. The van der Waals surface area contributed by atoms with Crippen LogP contribution in [-0.4, -0.2) is 64.3 Å². The van der Waals surface area contributed by atoms with Gasteiger partial charge in [-0.1, -0.05) is 12.1 Å². The fourth-order valence-corrected chi connectivity index (χ4v) is 4.51. The summed E-state index contributed by atoms with van der Waals surface area (Å²) in [5.74, 6) is 1.35. The summed E-state index contributed by atoms with van der Waals surface area (Å²) in [4.78, 5) is 32.3. The molecule has 0 aliphatic rings. The number of ether oxygens (including phenoxy) is 3. The average molecular weight is 519 g/mol. The Morgan fingerprint density at radius 3 is 2.32 bits per heavy atom. The molecule has 3 aromatic carbocycles. The topological polar surface area (TPSA) is 105 Å². The van der Waals surface area contributed by atoms with Gasteiger partial charge in [-0.15, -0.1) is 0 Å². The van der Waals surface area contributed by atoms with Crippen LogP contribution in [0.4, 0.5) is 5.69 Å². The van der Waals surface area contributed by atoms with Crippen molar-refractivity contribution in [2.45, 2.75) is 13.5 Å². The molecule has 4 rings (SSSR count). The molecule has 0 aliphatic carbocycles. The maximum atomic E-state index is 13.8. The Labute approximate surface area is 221 Å². The van der Waals surface area contributed by atoms with Gasteiger partial charge in [0.25, 0.3) is 5.91 Å². The van der Waals surface area contributed by atoms with E-state index >= 15 is 0 Å². The van der Waals surface area contributed by atoms with Crippen molar-refractivity contribution in [3.63, 3.8) is 0 Å². The number of hydrogen-bond acceptors (Lipinski definition) is 7. The number of fused-ring (bicyclic) bond motifs is 2. The zero-order valence-corrected chi connectivity index (χ0v) is 22.7. The molecule has 38 heavy (non-hydrogen) atoms. The number of para-hydroxylation sites is 1. The molecule has 9 nitrogen and oxygen atoms in total. The molecular formula is C29H34N4O5. The number of hydrogen-bond donors (Lipinski definition) is 3. The molecule has 4 aromatic rings. The van der Waals surface area contributed by atoms with Crippen molar-refractivity contribution >= 4 is 33.4 Å². The third-order valence-corrected chi connectivity index (χ3v) is 6.50. The zero-order valence-electron chi connectivity index (χ0n) is 22.7. The van der Waals surface area contributed by atoms with Gasteiger partial charge in [0.2, 0.25) is 5.75 Å². The molecular weight excluding hydrogens is 484 g/mol. The number of pyridine rings is 1. The number of benzene rings is 3. The Morgan fingerprint density at radius 1 is 0.974 bits per heavy atom. The highest BCUT2D eigenvalue weighted by atomic mass is 16.5. The van der Waals surface area contributed by atoms with Crippen molar-refractivity contribution in [1.29, 1.82) is 0 Å². The van der Waals surface area contributed by atoms with Gasteiger partial charge >= 0.3 is 0 Å². The van der Waals surface area contributed by atoms with Crippen LogP contribution in [0.1, 0.15) is 21.5 Å². The molecule has 0 bridgehead atoms. The van der Waals surface area contributed by atoms with E-state index in [9.17, 15) is 9.59 Å². The van der Waals surface area contributed by atoms with E-state index in [-0.39, 0.29) is 11.3 Å². The Balaban J connectivity index is 1.80. The molecule has 0 spiro atoms. The first-order chi connectivity index (χ1) is 18.3. The molecule has 0 unspecified atom stereocenters. The second-order valence-corrected chi connectivity index (χ2v) is 9.31. The molecule has 200 valence electrons. The van der Waals surface area contributed by atoms with E-state index in [0.29, 0.717) is 69.9 Å². The van der Waals surface area contributed by atoms with Crippen molar-refractivity contribution in [3.8, 4) is 17.2 Å². The summed E-state index contributed by atoms with van der Waals surface area (Å²) in [6.07, 6.45) is 0. The van der Waals surface area contributed by atoms with Crippen LogP contribution in [0.3, 0.4) is 0 Å². The lowest BCUT2D eigenvalue weighted by molar-refractivity contribution is 0.0952. The molecule has 1 heterocycles. The number of nitrogens with one attached hydrogen (secondary N) is 3. The smallest absolute Gasteiger partial charge is 0.253 e. The fourth-order valence-electron chi connectivity index (χ4n) is 4.51. The van der Waals surface area contributed by atoms with Crippen molar-refractivity contribution in [2.75, 3.05) is 53.8 Å². The molecule has 1 amide bonds. The van der Waals surface area contributed by atoms with Crippen molar-refractivity contribution in [2.24, 2.45) is 0 Å².